The van der Waals surface area contributed by atoms with Crippen LogP contribution in [0.4, 0.5) is 0 Å². The van der Waals surface area contributed by atoms with Crippen LogP contribution in [0.1, 0.15) is 23.7 Å². The Bertz CT molecular complexity index is 842. The number of pyridine rings is 1. The fourth-order valence-corrected chi connectivity index (χ4v) is 3.92. The highest BCUT2D eigenvalue weighted by molar-refractivity contribution is 7.98. The Balaban J connectivity index is 1.89. The average molecular weight is 327 g/mol. The summed E-state index contributed by atoms with van der Waals surface area (Å²) >= 11 is 1.72. The summed E-state index contributed by atoms with van der Waals surface area (Å²) in [7, 11) is 1.71. The zero-order valence-electron chi connectivity index (χ0n) is 14.0. The average Bonchev–Trinajstić information content (AvgIpc) is 2.92. The fourth-order valence-electron chi connectivity index (χ4n) is 2.82. The van der Waals surface area contributed by atoms with Crippen molar-refractivity contribution in [3.63, 3.8) is 0 Å². The molecule has 0 spiro atoms. The van der Waals surface area contributed by atoms with E-state index < -0.39 is 0 Å². The molecule has 5 heteroatoms. The molecular weight excluding hydrogens is 306 g/mol. The first-order valence-corrected chi connectivity index (χ1v) is 8.71. The smallest absolute Gasteiger partial charge is 0.169 e. The molecule has 0 aliphatic heterocycles. The van der Waals surface area contributed by atoms with Gasteiger partial charge in [0.25, 0.3) is 0 Å². The SMILES string of the molecule is CCn1c(SCc2ncc(C)c(OC)c2C)nc2ccccc21. The molecule has 1 aromatic carbocycles. The van der Waals surface area contributed by atoms with E-state index in [1.165, 1.54) is 5.52 Å². The molecule has 0 N–H and O–H groups in total. The predicted octanol–water partition coefficient (Wildman–Crippen LogP) is 4.37. The summed E-state index contributed by atoms with van der Waals surface area (Å²) in [5, 5.41) is 1.04. The number of rotatable bonds is 5. The molecule has 0 saturated carbocycles. The second kappa shape index (κ2) is 6.62. The molecule has 0 amide bonds. The Kier molecular flexibility index (Phi) is 4.57. The van der Waals surface area contributed by atoms with Gasteiger partial charge in [0.2, 0.25) is 0 Å². The lowest BCUT2D eigenvalue weighted by atomic mass is 10.1. The second-order valence-electron chi connectivity index (χ2n) is 5.46. The van der Waals surface area contributed by atoms with Gasteiger partial charge in [0.05, 0.1) is 23.8 Å². The molecule has 3 rings (SSSR count). The largest absolute Gasteiger partial charge is 0.496 e. The molecule has 0 radical (unpaired) electrons. The number of para-hydroxylation sites is 2. The topological polar surface area (TPSA) is 39.9 Å². The van der Waals surface area contributed by atoms with Crippen LogP contribution in [0.3, 0.4) is 0 Å². The van der Waals surface area contributed by atoms with Crippen molar-refractivity contribution in [3.05, 3.63) is 47.3 Å². The van der Waals surface area contributed by atoms with Gasteiger partial charge in [-0.25, -0.2) is 4.98 Å². The molecule has 2 aromatic heterocycles. The lowest BCUT2D eigenvalue weighted by Crippen LogP contribution is -2.00. The molecule has 23 heavy (non-hydrogen) atoms. The first kappa shape index (κ1) is 15.9. The summed E-state index contributed by atoms with van der Waals surface area (Å²) in [5.41, 5.74) is 5.46. The number of methoxy groups -OCH3 is 1. The number of aromatic nitrogens is 3. The number of hydrogen-bond acceptors (Lipinski definition) is 4. The van der Waals surface area contributed by atoms with Crippen molar-refractivity contribution in [2.24, 2.45) is 0 Å². The standard InChI is InChI=1S/C18H21N3OS/c1-5-21-16-9-7-6-8-14(16)20-18(21)23-11-15-13(3)17(22-4)12(2)10-19-15/h6-10H,5,11H2,1-4H3. The molecule has 0 bridgehead atoms. The number of nitrogens with zero attached hydrogens (tertiary/aromatic N) is 3. The van der Waals surface area contributed by atoms with Gasteiger partial charge in [-0.3, -0.25) is 4.98 Å². The van der Waals surface area contributed by atoms with Crippen LogP contribution in [0.2, 0.25) is 0 Å². The van der Waals surface area contributed by atoms with E-state index in [9.17, 15) is 0 Å². The van der Waals surface area contributed by atoms with Crippen LogP contribution in [0.25, 0.3) is 11.0 Å². The lowest BCUT2D eigenvalue weighted by molar-refractivity contribution is 0.407. The third-order valence-electron chi connectivity index (χ3n) is 4.02. The third-order valence-corrected chi connectivity index (χ3v) is 5.01. The van der Waals surface area contributed by atoms with E-state index in [0.717, 1.165) is 45.5 Å². The number of aryl methyl sites for hydroxylation is 2. The summed E-state index contributed by atoms with van der Waals surface area (Å²) in [5.74, 6) is 1.71. The van der Waals surface area contributed by atoms with Gasteiger partial charge < -0.3 is 9.30 Å². The Morgan fingerprint density at radius 1 is 1.22 bits per heavy atom. The summed E-state index contributed by atoms with van der Waals surface area (Å²) in [6, 6.07) is 8.26. The van der Waals surface area contributed by atoms with Gasteiger partial charge in [0.1, 0.15) is 5.75 Å². The first-order chi connectivity index (χ1) is 11.2. The van der Waals surface area contributed by atoms with Crippen molar-refractivity contribution in [2.75, 3.05) is 7.11 Å². The maximum Gasteiger partial charge on any atom is 0.169 e. The molecule has 0 aliphatic carbocycles. The number of benzene rings is 1. The summed E-state index contributed by atoms with van der Waals surface area (Å²) < 4.78 is 7.74. The minimum Gasteiger partial charge on any atom is -0.496 e. The quantitative estimate of drug-likeness (QED) is 0.652. The highest BCUT2D eigenvalue weighted by Crippen LogP contribution is 2.30. The van der Waals surface area contributed by atoms with Crippen molar-refractivity contribution >= 4 is 22.8 Å². The van der Waals surface area contributed by atoms with Crippen molar-refractivity contribution in [3.8, 4) is 5.75 Å². The molecular formula is C18H21N3OS. The van der Waals surface area contributed by atoms with Crippen LogP contribution < -0.4 is 4.74 Å². The minimum atomic E-state index is 0.784. The van der Waals surface area contributed by atoms with Gasteiger partial charge in [-0.05, 0) is 32.9 Å². The lowest BCUT2D eigenvalue weighted by Gasteiger charge is -2.12. The molecule has 0 atom stereocenters. The highest BCUT2D eigenvalue weighted by Gasteiger charge is 2.13. The maximum absolute atomic E-state index is 5.49. The van der Waals surface area contributed by atoms with Gasteiger partial charge in [-0.2, -0.15) is 0 Å². The molecule has 2 heterocycles. The Hall–Kier alpha value is -2.01. The number of fused-ring (bicyclic) bond motifs is 1. The number of imidazole rings is 1. The molecule has 0 unspecified atom stereocenters. The van der Waals surface area contributed by atoms with E-state index >= 15 is 0 Å². The monoisotopic (exact) mass is 327 g/mol. The van der Waals surface area contributed by atoms with E-state index in [0.29, 0.717) is 0 Å². The maximum atomic E-state index is 5.49. The van der Waals surface area contributed by atoms with Crippen molar-refractivity contribution in [2.45, 2.75) is 38.2 Å². The number of thioether (sulfide) groups is 1. The normalized spacial score (nSPS) is 11.1. The molecule has 120 valence electrons. The van der Waals surface area contributed by atoms with Crippen LogP contribution in [0, 0.1) is 13.8 Å². The first-order valence-electron chi connectivity index (χ1n) is 7.72. The van der Waals surface area contributed by atoms with E-state index in [1.807, 2.05) is 19.2 Å². The third kappa shape index (κ3) is 2.93. The van der Waals surface area contributed by atoms with Crippen LogP contribution >= 0.6 is 11.8 Å². The van der Waals surface area contributed by atoms with Gasteiger partial charge in [-0.1, -0.05) is 23.9 Å². The number of ether oxygens (including phenoxy) is 1. The Labute approximate surface area is 140 Å². The van der Waals surface area contributed by atoms with E-state index in [-0.39, 0.29) is 0 Å². The van der Waals surface area contributed by atoms with Gasteiger partial charge in [0, 0.05) is 29.6 Å². The molecule has 4 nitrogen and oxygen atoms in total. The predicted molar refractivity (Wildman–Crippen MR) is 95.2 cm³/mol. The summed E-state index contributed by atoms with van der Waals surface area (Å²) in [6.07, 6.45) is 1.88. The van der Waals surface area contributed by atoms with E-state index in [2.05, 4.69) is 41.6 Å². The van der Waals surface area contributed by atoms with Gasteiger partial charge >= 0.3 is 0 Å². The van der Waals surface area contributed by atoms with Crippen LogP contribution in [0.15, 0.2) is 35.6 Å². The highest BCUT2D eigenvalue weighted by atomic mass is 32.2. The van der Waals surface area contributed by atoms with Crippen LogP contribution in [-0.2, 0) is 12.3 Å². The van der Waals surface area contributed by atoms with Crippen LogP contribution in [-0.4, -0.2) is 21.6 Å². The summed E-state index contributed by atoms with van der Waals surface area (Å²) in [4.78, 5) is 9.33. The fraction of sp³-hybridized carbons (Fsp3) is 0.333. The van der Waals surface area contributed by atoms with Crippen molar-refractivity contribution < 1.29 is 4.74 Å². The van der Waals surface area contributed by atoms with Crippen LogP contribution in [0.5, 0.6) is 5.75 Å². The molecule has 0 fully saturated rings. The van der Waals surface area contributed by atoms with E-state index in [1.54, 1.807) is 18.9 Å². The van der Waals surface area contributed by atoms with Gasteiger partial charge in [-0.15, -0.1) is 0 Å². The minimum absolute atomic E-state index is 0.784. The Morgan fingerprint density at radius 2 is 2.00 bits per heavy atom. The molecule has 3 aromatic rings. The van der Waals surface area contributed by atoms with Crippen molar-refractivity contribution in [1.82, 2.24) is 14.5 Å². The summed E-state index contributed by atoms with van der Waals surface area (Å²) in [6.45, 7) is 7.15. The van der Waals surface area contributed by atoms with Crippen molar-refractivity contribution in [1.29, 1.82) is 0 Å². The zero-order valence-corrected chi connectivity index (χ0v) is 14.8. The second-order valence-corrected chi connectivity index (χ2v) is 6.40. The van der Waals surface area contributed by atoms with E-state index in [4.69, 9.17) is 9.72 Å². The van der Waals surface area contributed by atoms with Gasteiger partial charge in [0.15, 0.2) is 5.16 Å². The molecule has 0 aliphatic rings. The zero-order chi connectivity index (χ0) is 16.4. The number of hydrogen-bond donors (Lipinski definition) is 0. The molecule has 0 saturated heterocycles. The Morgan fingerprint density at radius 3 is 2.74 bits per heavy atom.